The van der Waals surface area contributed by atoms with Crippen LogP contribution in [0.25, 0.3) is 0 Å². The van der Waals surface area contributed by atoms with Crippen LogP contribution < -0.4 is 10.0 Å². The van der Waals surface area contributed by atoms with Crippen molar-refractivity contribution < 1.29 is 12.8 Å². The molecule has 0 saturated heterocycles. The Morgan fingerprint density at radius 3 is 2.50 bits per heavy atom. The van der Waals surface area contributed by atoms with Crippen molar-refractivity contribution in [3.63, 3.8) is 0 Å². The van der Waals surface area contributed by atoms with Crippen LogP contribution in [-0.2, 0) is 15.8 Å². The maximum Gasteiger partial charge on any atom is 0.215 e. The minimum absolute atomic E-state index is 0.186. The van der Waals surface area contributed by atoms with Gasteiger partial charge in [-0.1, -0.05) is 37.8 Å². The van der Waals surface area contributed by atoms with Gasteiger partial charge >= 0.3 is 0 Å². The number of halogens is 1. The van der Waals surface area contributed by atoms with E-state index in [1.54, 1.807) is 6.07 Å². The van der Waals surface area contributed by atoms with E-state index in [9.17, 15) is 12.8 Å². The highest BCUT2D eigenvalue weighted by molar-refractivity contribution is 7.88. The van der Waals surface area contributed by atoms with Gasteiger partial charge < -0.3 is 5.32 Å². The Bertz CT molecular complexity index is 555. The molecule has 124 valence electrons. The van der Waals surface area contributed by atoms with Crippen molar-refractivity contribution in [3.05, 3.63) is 35.6 Å². The molecule has 0 amide bonds. The van der Waals surface area contributed by atoms with Crippen LogP contribution in [0.2, 0.25) is 0 Å². The fourth-order valence-electron chi connectivity index (χ4n) is 2.86. The average Bonchev–Trinajstić information content (AvgIpc) is 2.72. The molecule has 0 spiro atoms. The van der Waals surface area contributed by atoms with E-state index in [1.807, 2.05) is 0 Å². The lowest BCUT2D eigenvalue weighted by molar-refractivity contribution is 0.461. The highest BCUT2D eigenvalue weighted by Crippen LogP contribution is 2.16. The van der Waals surface area contributed by atoms with E-state index >= 15 is 0 Å². The first-order valence-electron chi connectivity index (χ1n) is 8.00. The molecule has 2 rings (SSSR count). The molecule has 0 heterocycles. The lowest BCUT2D eigenvalue weighted by Gasteiger charge is -2.16. The molecule has 0 aliphatic heterocycles. The second-order valence-corrected chi connectivity index (χ2v) is 7.73. The van der Waals surface area contributed by atoms with Gasteiger partial charge in [0.2, 0.25) is 10.0 Å². The predicted molar refractivity (Wildman–Crippen MR) is 86.5 cm³/mol. The monoisotopic (exact) mass is 328 g/mol. The molecule has 4 nitrogen and oxygen atoms in total. The van der Waals surface area contributed by atoms with Crippen molar-refractivity contribution in [3.8, 4) is 0 Å². The largest absolute Gasteiger partial charge is 0.313 e. The topological polar surface area (TPSA) is 58.2 Å². The zero-order valence-electron chi connectivity index (χ0n) is 12.9. The summed E-state index contributed by atoms with van der Waals surface area (Å²) in [5.41, 5.74) is 0.462. The molecule has 1 aromatic rings. The van der Waals surface area contributed by atoms with E-state index in [0.717, 1.165) is 0 Å². The van der Waals surface area contributed by atoms with Crippen LogP contribution >= 0.6 is 0 Å². The third-order valence-corrected chi connectivity index (χ3v) is 5.34. The number of benzene rings is 1. The number of nitrogens with one attached hydrogen (secondary N) is 2. The first-order chi connectivity index (χ1) is 10.6. The van der Waals surface area contributed by atoms with Crippen molar-refractivity contribution in [2.45, 2.75) is 50.3 Å². The molecule has 1 aliphatic rings. The van der Waals surface area contributed by atoms with E-state index in [0.29, 0.717) is 24.7 Å². The zero-order chi connectivity index (χ0) is 15.8. The standard InChI is InChI=1S/C16H25FN2O2S/c17-15-7-5-6-14(12-15)13-22(20,21)19-11-10-18-16-8-3-1-2-4-9-16/h5-7,12,16,18-19H,1-4,8-11,13H2. The van der Waals surface area contributed by atoms with Gasteiger partial charge in [0.25, 0.3) is 0 Å². The fraction of sp³-hybridized carbons (Fsp3) is 0.625. The van der Waals surface area contributed by atoms with Gasteiger partial charge in [-0.15, -0.1) is 0 Å². The second-order valence-electron chi connectivity index (χ2n) is 5.93. The van der Waals surface area contributed by atoms with Gasteiger partial charge in [-0.05, 0) is 30.5 Å². The van der Waals surface area contributed by atoms with Crippen LogP contribution in [0.15, 0.2) is 24.3 Å². The molecule has 22 heavy (non-hydrogen) atoms. The molecular formula is C16H25FN2O2S. The molecule has 0 bridgehead atoms. The lowest BCUT2D eigenvalue weighted by Crippen LogP contribution is -2.37. The molecule has 1 aliphatic carbocycles. The van der Waals surface area contributed by atoms with Crippen molar-refractivity contribution >= 4 is 10.0 Å². The number of sulfonamides is 1. The molecule has 0 radical (unpaired) electrons. The molecule has 1 fully saturated rings. The Morgan fingerprint density at radius 2 is 1.82 bits per heavy atom. The van der Waals surface area contributed by atoms with Crippen molar-refractivity contribution in [2.75, 3.05) is 13.1 Å². The van der Waals surface area contributed by atoms with Crippen molar-refractivity contribution in [1.82, 2.24) is 10.0 Å². The SMILES string of the molecule is O=S(=O)(Cc1cccc(F)c1)NCCNC1CCCCCC1. The smallest absolute Gasteiger partial charge is 0.215 e. The van der Waals surface area contributed by atoms with Crippen LogP contribution in [0.5, 0.6) is 0 Å². The first kappa shape index (κ1) is 17.4. The summed E-state index contributed by atoms with van der Waals surface area (Å²) in [4.78, 5) is 0. The fourth-order valence-corrected chi connectivity index (χ4v) is 4.00. The molecule has 0 aromatic heterocycles. The van der Waals surface area contributed by atoms with Gasteiger partial charge in [-0.25, -0.2) is 17.5 Å². The van der Waals surface area contributed by atoms with Gasteiger partial charge in [-0.2, -0.15) is 0 Å². The van der Waals surface area contributed by atoms with E-state index in [4.69, 9.17) is 0 Å². The third kappa shape index (κ3) is 6.42. The highest BCUT2D eigenvalue weighted by Gasteiger charge is 2.13. The van der Waals surface area contributed by atoms with Crippen LogP contribution in [0, 0.1) is 5.82 Å². The van der Waals surface area contributed by atoms with Gasteiger partial charge in [0, 0.05) is 19.1 Å². The van der Waals surface area contributed by atoms with Crippen LogP contribution in [0.4, 0.5) is 4.39 Å². The molecular weight excluding hydrogens is 303 g/mol. The Kier molecular flexibility index (Phi) is 6.79. The zero-order valence-corrected chi connectivity index (χ0v) is 13.7. The summed E-state index contributed by atoms with van der Waals surface area (Å²) < 4.78 is 39.5. The van der Waals surface area contributed by atoms with Crippen molar-refractivity contribution in [2.24, 2.45) is 0 Å². The molecule has 1 aromatic carbocycles. The van der Waals surface area contributed by atoms with Crippen LogP contribution in [-0.4, -0.2) is 27.5 Å². The normalized spacial score (nSPS) is 17.3. The van der Waals surface area contributed by atoms with Gasteiger partial charge in [0.05, 0.1) is 5.75 Å². The Hall–Kier alpha value is -0.980. The summed E-state index contributed by atoms with van der Waals surface area (Å²) in [5, 5.41) is 3.42. The first-order valence-corrected chi connectivity index (χ1v) is 9.65. The van der Waals surface area contributed by atoms with Crippen LogP contribution in [0.3, 0.4) is 0 Å². The summed E-state index contributed by atoms with van der Waals surface area (Å²) in [6, 6.07) is 6.21. The van der Waals surface area contributed by atoms with Crippen molar-refractivity contribution in [1.29, 1.82) is 0 Å². The van der Waals surface area contributed by atoms with Gasteiger partial charge in [-0.3, -0.25) is 0 Å². The Balaban J connectivity index is 1.70. The summed E-state index contributed by atoms with van der Waals surface area (Å²) in [6.45, 7) is 1.00. The van der Waals surface area contributed by atoms with E-state index in [2.05, 4.69) is 10.0 Å². The van der Waals surface area contributed by atoms with Gasteiger partial charge in [0.15, 0.2) is 0 Å². The van der Waals surface area contributed by atoms with E-state index in [1.165, 1.54) is 56.7 Å². The molecule has 0 unspecified atom stereocenters. The molecule has 1 saturated carbocycles. The summed E-state index contributed by atoms with van der Waals surface area (Å²) >= 11 is 0. The Morgan fingerprint density at radius 1 is 1.09 bits per heavy atom. The second kappa shape index (κ2) is 8.60. The number of hydrogen-bond donors (Lipinski definition) is 2. The van der Waals surface area contributed by atoms with Gasteiger partial charge in [0.1, 0.15) is 5.82 Å². The lowest BCUT2D eigenvalue weighted by atomic mass is 10.1. The summed E-state index contributed by atoms with van der Waals surface area (Å²) in [5.74, 6) is -0.600. The maximum absolute atomic E-state index is 13.1. The number of rotatable bonds is 7. The molecule has 0 atom stereocenters. The van der Waals surface area contributed by atoms with E-state index < -0.39 is 15.8 Å². The third-order valence-electron chi connectivity index (χ3n) is 3.98. The average molecular weight is 328 g/mol. The Labute approximate surface area is 132 Å². The van der Waals surface area contributed by atoms with E-state index in [-0.39, 0.29) is 5.75 Å². The molecule has 6 heteroatoms. The maximum atomic E-state index is 13.1. The minimum Gasteiger partial charge on any atom is -0.313 e. The molecule has 2 N–H and O–H groups in total. The highest BCUT2D eigenvalue weighted by atomic mass is 32.2. The summed E-state index contributed by atoms with van der Waals surface area (Å²) in [7, 11) is -3.42. The minimum atomic E-state index is -3.42. The summed E-state index contributed by atoms with van der Waals surface area (Å²) in [6.07, 6.45) is 7.47. The quantitative estimate of drug-likeness (QED) is 0.597. The predicted octanol–water partition coefficient (Wildman–Crippen LogP) is 2.56. The van der Waals surface area contributed by atoms with Crippen LogP contribution in [0.1, 0.15) is 44.1 Å². The number of hydrogen-bond acceptors (Lipinski definition) is 3.